The lowest BCUT2D eigenvalue weighted by atomic mass is 9.33. The predicted octanol–water partition coefficient (Wildman–Crippen LogP) is 5.94. The number of benzene rings is 4. The van der Waals surface area contributed by atoms with Crippen molar-refractivity contribution < 1.29 is 4.74 Å². The summed E-state index contributed by atoms with van der Waals surface area (Å²) in [5, 5.41) is 0. The third kappa shape index (κ3) is 4.97. The maximum atomic E-state index is 6.15. The van der Waals surface area contributed by atoms with Crippen molar-refractivity contribution in [1.82, 2.24) is 0 Å². The van der Waals surface area contributed by atoms with Gasteiger partial charge in [0, 0.05) is 0 Å². The van der Waals surface area contributed by atoms with E-state index >= 15 is 0 Å². The average Bonchev–Trinajstić information content (AvgIpc) is 2.76. The van der Waals surface area contributed by atoms with Crippen LogP contribution in [0.1, 0.15) is 44.5 Å². The molecule has 4 aromatic carbocycles. The molecule has 4 rings (SSSR count). The van der Waals surface area contributed by atoms with Crippen LogP contribution in [0, 0.1) is 48.5 Å². The summed E-state index contributed by atoms with van der Waals surface area (Å²) in [6, 6.07) is 26.2. The summed E-state index contributed by atoms with van der Waals surface area (Å²) in [5.41, 5.74) is 14.7. The molecule has 0 aliphatic rings. The van der Waals surface area contributed by atoms with Crippen molar-refractivity contribution in [2.24, 2.45) is 0 Å². The van der Waals surface area contributed by atoms with Crippen molar-refractivity contribution in [3.8, 4) is 5.75 Å². The Bertz CT molecular complexity index is 1220. The maximum Gasteiger partial charge on any atom is 0.242 e. The Kier molecular flexibility index (Phi) is 6.98. The van der Waals surface area contributed by atoms with Crippen molar-refractivity contribution in [2.45, 2.75) is 55.1 Å². The van der Waals surface area contributed by atoms with Gasteiger partial charge in [-0.25, -0.2) is 0 Å². The van der Waals surface area contributed by atoms with E-state index in [1.54, 1.807) is 0 Å². The zero-order valence-electron chi connectivity index (χ0n) is 21.6. The molecule has 0 bridgehead atoms. The molecule has 0 spiro atoms. The van der Waals surface area contributed by atoms with Gasteiger partial charge in [0.2, 0.25) is 6.71 Å². The van der Waals surface area contributed by atoms with Crippen LogP contribution in [-0.4, -0.2) is 6.71 Å². The highest BCUT2D eigenvalue weighted by molar-refractivity contribution is 6.96. The number of hydrogen-bond acceptors (Lipinski definition) is 1. The molecule has 172 valence electrons. The minimum atomic E-state index is 0.185. The smallest absolute Gasteiger partial charge is 0.242 e. The van der Waals surface area contributed by atoms with E-state index in [1.807, 2.05) is 6.07 Å². The Morgan fingerprint density at radius 2 is 1.06 bits per heavy atom. The van der Waals surface area contributed by atoms with Gasteiger partial charge >= 0.3 is 0 Å². The Labute approximate surface area is 205 Å². The molecule has 0 unspecified atom stereocenters. The lowest BCUT2D eigenvalue weighted by Gasteiger charge is -2.26. The van der Waals surface area contributed by atoms with Gasteiger partial charge < -0.3 is 4.74 Å². The van der Waals surface area contributed by atoms with Gasteiger partial charge in [0.05, 0.1) is 0 Å². The molecule has 0 fully saturated rings. The number of rotatable bonds is 6. The molecule has 0 N–H and O–H groups in total. The quantitative estimate of drug-likeness (QED) is 0.333. The molecule has 0 aliphatic carbocycles. The maximum absolute atomic E-state index is 6.15. The van der Waals surface area contributed by atoms with E-state index < -0.39 is 0 Å². The molecule has 0 heterocycles. The van der Waals surface area contributed by atoms with E-state index in [0.29, 0.717) is 6.61 Å². The Morgan fingerprint density at radius 1 is 0.559 bits per heavy atom. The van der Waals surface area contributed by atoms with Crippen LogP contribution in [0.2, 0.25) is 0 Å². The normalized spacial score (nSPS) is 10.9. The van der Waals surface area contributed by atoms with Crippen LogP contribution in [0.15, 0.2) is 72.8 Å². The van der Waals surface area contributed by atoms with Gasteiger partial charge in [0.15, 0.2) is 0 Å². The average molecular weight is 446 g/mol. The highest BCUT2D eigenvalue weighted by Gasteiger charge is 2.29. The number of hydrogen-bond donors (Lipinski definition) is 0. The lowest BCUT2D eigenvalue weighted by Crippen LogP contribution is -2.56. The monoisotopic (exact) mass is 446 g/mol. The summed E-state index contributed by atoms with van der Waals surface area (Å²) in [6.07, 6.45) is 0. The van der Waals surface area contributed by atoms with Crippen molar-refractivity contribution in [1.29, 1.82) is 0 Å². The molecular formula is C32H35BO. The third-order valence-electron chi connectivity index (χ3n) is 6.85. The fraction of sp³-hybridized carbons (Fsp3) is 0.250. The molecule has 1 nitrogen and oxygen atoms in total. The van der Waals surface area contributed by atoms with E-state index in [1.165, 1.54) is 60.9 Å². The van der Waals surface area contributed by atoms with Gasteiger partial charge in [0.25, 0.3) is 0 Å². The summed E-state index contributed by atoms with van der Waals surface area (Å²) in [4.78, 5) is 0. The standard InChI is InChI=1S/C32H35BO/c1-21-15-24(4)31(25(5)16-21)33(32-26(6)17-22(2)18-27(32)7)30-14-13-29(19-23(30)3)34-20-28-11-9-8-10-12-28/h8-19H,20H2,1-7H3. The SMILES string of the molecule is Cc1cc(C)c(B(c2ccc(OCc3ccccc3)cc2C)c2c(C)cc(C)cc2C)c(C)c1. The largest absolute Gasteiger partial charge is 0.489 e. The Hall–Kier alpha value is -3.26. The lowest BCUT2D eigenvalue weighted by molar-refractivity contribution is 0.306. The minimum Gasteiger partial charge on any atom is -0.489 e. The molecule has 0 aliphatic heterocycles. The molecule has 0 saturated heterocycles. The fourth-order valence-electron chi connectivity index (χ4n) is 5.55. The van der Waals surface area contributed by atoms with E-state index in [-0.39, 0.29) is 6.71 Å². The van der Waals surface area contributed by atoms with Crippen molar-refractivity contribution >= 4 is 23.1 Å². The van der Waals surface area contributed by atoms with Crippen molar-refractivity contribution in [2.75, 3.05) is 0 Å². The molecule has 4 aromatic rings. The van der Waals surface area contributed by atoms with Gasteiger partial charge in [-0.15, -0.1) is 0 Å². The van der Waals surface area contributed by atoms with Crippen LogP contribution in [0.5, 0.6) is 5.75 Å². The predicted molar refractivity (Wildman–Crippen MR) is 148 cm³/mol. The first-order valence-electron chi connectivity index (χ1n) is 12.2. The van der Waals surface area contributed by atoms with Crippen LogP contribution in [0.3, 0.4) is 0 Å². The van der Waals surface area contributed by atoms with Gasteiger partial charge in [0.1, 0.15) is 12.4 Å². The van der Waals surface area contributed by atoms with E-state index in [4.69, 9.17) is 4.74 Å². The first-order chi connectivity index (χ1) is 16.2. The highest BCUT2D eigenvalue weighted by atomic mass is 16.5. The second-order valence-electron chi connectivity index (χ2n) is 9.85. The van der Waals surface area contributed by atoms with Crippen molar-refractivity contribution in [3.63, 3.8) is 0 Å². The van der Waals surface area contributed by atoms with Gasteiger partial charge in [-0.2, -0.15) is 0 Å². The van der Waals surface area contributed by atoms with Gasteiger partial charge in [-0.05, 0) is 66.2 Å². The van der Waals surface area contributed by atoms with E-state index in [2.05, 4.69) is 115 Å². The van der Waals surface area contributed by atoms with Crippen LogP contribution in [-0.2, 0) is 6.61 Å². The highest BCUT2D eigenvalue weighted by Crippen LogP contribution is 2.17. The fourth-order valence-corrected chi connectivity index (χ4v) is 5.55. The topological polar surface area (TPSA) is 9.23 Å². The second-order valence-corrected chi connectivity index (χ2v) is 9.85. The second kappa shape index (κ2) is 9.93. The summed E-state index contributed by atoms with van der Waals surface area (Å²) in [6.45, 7) is 16.4. The first-order valence-corrected chi connectivity index (χ1v) is 12.2. The zero-order valence-corrected chi connectivity index (χ0v) is 21.6. The van der Waals surface area contributed by atoms with Crippen LogP contribution in [0.4, 0.5) is 0 Å². The molecule has 0 atom stereocenters. The van der Waals surface area contributed by atoms with Crippen LogP contribution >= 0.6 is 0 Å². The minimum absolute atomic E-state index is 0.185. The van der Waals surface area contributed by atoms with Gasteiger partial charge in [-0.3, -0.25) is 0 Å². The molecule has 34 heavy (non-hydrogen) atoms. The van der Waals surface area contributed by atoms with Crippen LogP contribution < -0.4 is 21.1 Å². The van der Waals surface area contributed by atoms with Gasteiger partial charge in [-0.1, -0.05) is 116 Å². The molecule has 0 aromatic heterocycles. The summed E-state index contributed by atoms with van der Waals surface area (Å²) in [7, 11) is 0. The summed E-state index contributed by atoms with van der Waals surface area (Å²) < 4.78 is 6.15. The summed E-state index contributed by atoms with van der Waals surface area (Å²) >= 11 is 0. The molecular weight excluding hydrogens is 411 g/mol. The Balaban J connectivity index is 1.82. The van der Waals surface area contributed by atoms with E-state index in [9.17, 15) is 0 Å². The Morgan fingerprint density at radius 3 is 1.53 bits per heavy atom. The first kappa shape index (κ1) is 23.9. The third-order valence-corrected chi connectivity index (χ3v) is 6.85. The van der Waals surface area contributed by atoms with Crippen molar-refractivity contribution in [3.05, 3.63) is 117 Å². The molecule has 0 amide bonds. The summed E-state index contributed by atoms with van der Waals surface area (Å²) in [5.74, 6) is 0.915. The zero-order chi connectivity index (χ0) is 24.4. The molecule has 0 saturated carbocycles. The number of aryl methyl sites for hydroxylation is 7. The van der Waals surface area contributed by atoms with E-state index in [0.717, 1.165) is 5.75 Å². The molecule has 2 heteroatoms. The molecule has 0 radical (unpaired) electrons. The number of ether oxygens (including phenoxy) is 1. The van der Waals surface area contributed by atoms with Crippen LogP contribution in [0.25, 0.3) is 0 Å².